The quantitative estimate of drug-likeness (QED) is 0.889. The highest BCUT2D eigenvalue weighted by atomic mass is 16.3. The zero-order valence-corrected chi connectivity index (χ0v) is 10.9. The summed E-state index contributed by atoms with van der Waals surface area (Å²) in [5.41, 5.74) is 1.37. The summed E-state index contributed by atoms with van der Waals surface area (Å²) >= 11 is 0. The highest BCUT2D eigenvalue weighted by Gasteiger charge is 2.25. The molecule has 94 valence electrons. The Bertz CT molecular complexity index is 479. The predicted octanol–water partition coefficient (Wildman–Crippen LogP) is 3.48. The van der Waals surface area contributed by atoms with Gasteiger partial charge in [0.05, 0.1) is 5.60 Å². The molecule has 2 atom stereocenters. The van der Waals surface area contributed by atoms with E-state index in [0.717, 1.165) is 5.56 Å². The second-order valence-corrected chi connectivity index (χ2v) is 5.03. The third-order valence-corrected chi connectivity index (χ3v) is 3.37. The van der Waals surface area contributed by atoms with Gasteiger partial charge in [0.1, 0.15) is 0 Å². The Morgan fingerprint density at radius 3 is 2.33 bits per heavy atom. The smallest absolute Gasteiger partial charge is 0.0874 e. The Morgan fingerprint density at radius 1 is 1.11 bits per heavy atom. The number of hydrogen-bond acceptors (Lipinski definition) is 2. The molecule has 0 fully saturated rings. The van der Waals surface area contributed by atoms with Crippen molar-refractivity contribution in [3.05, 3.63) is 66.0 Å². The summed E-state index contributed by atoms with van der Waals surface area (Å²) in [5, 5.41) is 10.6. The topological polar surface area (TPSA) is 33.1 Å². The van der Waals surface area contributed by atoms with Gasteiger partial charge in [-0.3, -0.25) is 4.98 Å². The Balaban J connectivity index is 2.14. The van der Waals surface area contributed by atoms with Gasteiger partial charge in [-0.05, 0) is 42.5 Å². The maximum absolute atomic E-state index is 10.6. The van der Waals surface area contributed by atoms with Gasteiger partial charge >= 0.3 is 0 Å². The molecule has 0 saturated carbocycles. The molecule has 0 amide bonds. The summed E-state index contributed by atoms with van der Waals surface area (Å²) in [4.78, 5) is 4.02. The van der Waals surface area contributed by atoms with Crippen LogP contribution in [0.2, 0.25) is 0 Å². The van der Waals surface area contributed by atoms with Crippen LogP contribution in [-0.2, 0) is 5.60 Å². The van der Waals surface area contributed by atoms with Crippen LogP contribution in [0.1, 0.15) is 37.3 Å². The van der Waals surface area contributed by atoms with Crippen LogP contribution in [0.5, 0.6) is 0 Å². The molecule has 1 aromatic carbocycles. The van der Waals surface area contributed by atoms with Gasteiger partial charge in [-0.1, -0.05) is 37.3 Å². The van der Waals surface area contributed by atoms with Crippen LogP contribution in [0.15, 0.2) is 54.9 Å². The van der Waals surface area contributed by atoms with E-state index < -0.39 is 5.60 Å². The van der Waals surface area contributed by atoms with Crippen molar-refractivity contribution < 1.29 is 5.11 Å². The van der Waals surface area contributed by atoms with Crippen LogP contribution < -0.4 is 0 Å². The number of hydrogen-bond donors (Lipinski definition) is 1. The van der Waals surface area contributed by atoms with Crippen LogP contribution in [0.4, 0.5) is 0 Å². The maximum Gasteiger partial charge on any atom is 0.0874 e. The van der Waals surface area contributed by atoms with Gasteiger partial charge < -0.3 is 5.11 Å². The minimum Gasteiger partial charge on any atom is -0.385 e. The number of aromatic nitrogens is 1. The van der Waals surface area contributed by atoms with Crippen molar-refractivity contribution in [3.63, 3.8) is 0 Å². The monoisotopic (exact) mass is 241 g/mol. The van der Waals surface area contributed by atoms with Gasteiger partial charge in [0.25, 0.3) is 0 Å². The van der Waals surface area contributed by atoms with Crippen molar-refractivity contribution in [2.24, 2.45) is 0 Å². The molecule has 1 aromatic heterocycles. The van der Waals surface area contributed by atoms with Gasteiger partial charge in [-0.25, -0.2) is 0 Å². The fraction of sp³-hybridized carbons (Fsp3) is 0.312. The third-order valence-electron chi connectivity index (χ3n) is 3.37. The number of rotatable bonds is 4. The van der Waals surface area contributed by atoms with Crippen molar-refractivity contribution in [2.75, 3.05) is 0 Å². The molecule has 0 radical (unpaired) electrons. The molecular formula is C16H19NO. The Morgan fingerprint density at radius 2 is 1.72 bits per heavy atom. The molecule has 2 nitrogen and oxygen atoms in total. The summed E-state index contributed by atoms with van der Waals surface area (Å²) in [6.07, 6.45) is 4.28. The van der Waals surface area contributed by atoms with Gasteiger partial charge in [0.15, 0.2) is 0 Å². The molecule has 1 N–H and O–H groups in total. The first kappa shape index (κ1) is 12.8. The Labute approximate surface area is 108 Å². The number of pyridine rings is 1. The van der Waals surface area contributed by atoms with E-state index in [1.807, 2.05) is 49.4 Å². The average Bonchev–Trinajstić information content (AvgIpc) is 2.40. The molecule has 1 heterocycles. The standard InChI is InChI=1S/C16H19NO/c1-13(14-8-10-17-11-9-14)12-16(2,18)15-6-4-3-5-7-15/h3-11,13,18H,12H2,1-2H3. The van der Waals surface area contributed by atoms with E-state index in [9.17, 15) is 5.11 Å². The van der Waals surface area contributed by atoms with Crippen molar-refractivity contribution >= 4 is 0 Å². The zero-order valence-electron chi connectivity index (χ0n) is 10.9. The third kappa shape index (κ3) is 2.96. The number of nitrogens with zero attached hydrogens (tertiary/aromatic N) is 1. The fourth-order valence-electron chi connectivity index (χ4n) is 2.32. The summed E-state index contributed by atoms with van der Waals surface area (Å²) in [6, 6.07) is 13.8. The fourth-order valence-corrected chi connectivity index (χ4v) is 2.32. The molecule has 0 spiro atoms. The zero-order chi connectivity index (χ0) is 13.0. The van der Waals surface area contributed by atoms with Crippen LogP contribution in [-0.4, -0.2) is 10.1 Å². The van der Waals surface area contributed by atoms with Gasteiger partial charge in [-0.2, -0.15) is 0 Å². The van der Waals surface area contributed by atoms with E-state index >= 15 is 0 Å². The van der Waals surface area contributed by atoms with Crippen molar-refractivity contribution in [3.8, 4) is 0 Å². The lowest BCUT2D eigenvalue weighted by molar-refractivity contribution is 0.0415. The molecule has 0 saturated heterocycles. The normalized spacial score (nSPS) is 15.9. The molecule has 18 heavy (non-hydrogen) atoms. The van der Waals surface area contributed by atoms with E-state index in [1.54, 1.807) is 12.4 Å². The van der Waals surface area contributed by atoms with E-state index in [0.29, 0.717) is 12.3 Å². The first-order valence-electron chi connectivity index (χ1n) is 6.27. The van der Waals surface area contributed by atoms with E-state index in [-0.39, 0.29) is 0 Å². The minimum atomic E-state index is -0.802. The molecule has 0 aliphatic rings. The molecule has 0 aliphatic heterocycles. The molecule has 0 aliphatic carbocycles. The number of aliphatic hydroxyl groups is 1. The highest BCUT2D eigenvalue weighted by Crippen LogP contribution is 2.32. The second-order valence-electron chi connectivity index (χ2n) is 5.03. The lowest BCUT2D eigenvalue weighted by Crippen LogP contribution is -2.23. The van der Waals surface area contributed by atoms with E-state index in [2.05, 4.69) is 11.9 Å². The highest BCUT2D eigenvalue weighted by molar-refractivity contribution is 5.23. The first-order chi connectivity index (χ1) is 8.59. The van der Waals surface area contributed by atoms with Crippen molar-refractivity contribution in [2.45, 2.75) is 31.8 Å². The van der Waals surface area contributed by atoms with Crippen molar-refractivity contribution in [1.29, 1.82) is 0 Å². The molecule has 2 rings (SSSR count). The van der Waals surface area contributed by atoms with Crippen LogP contribution in [0.25, 0.3) is 0 Å². The average molecular weight is 241 g/mol. The predicted molar refractivity (Wildman–Crippen MR) is 73.3 cm³/mol. The molecular weight excluding hydrogens is 222 g/mol. The van der Waals surface area contributed by atoms with Crippen LogP contribution in [0.3, 0.4) is 0 Å². The lowest BCUT2D eigenvalue weighted by Gasteiger charge is -2.27. The van der Waals surface area contributed by atoms with Crippen LogP contribution in [0, 0.1) is 0 Å². The van der Waals surface area contributed by atoms with E-state index in [4.69, 9.17) is 0 Å². The molecule has 2 heteroatoms. The van der Waals surface area contributed by atoms with Crippen molar-refractivity contribution in [1.82, 2.24) is 4.98 Å². The summed E-state index contributed by atoms with van der Waals surface area (Å²) in [5.74, 6) is 0.295. The molecule has 0 bridgehead atoms. The van der Waals surface area contributed by atoms with Gasteiger partial charge in [0.2, 0.25) is 0 Å². The maximum atomic E-state index is 10.6. The summed E-state index contributed by atoms with van der Waals surface area (Å²) < 4.78 is 0. The number of benzene rings is 1. The Hall–Kier alpha value is -1.67. The van der Waals surface area contributed by atoms with Crippen LogP contribution >= 0.6 is 0 Å². The summed E-state index contributed by atoms with van der Waals surface area (Å²) in [7, 11) is 0. The Kier molecular flexibility index (Phi) is 3.78. The molecule has 2 aromatic rings. The van der Waals surface area contributed by atoms with Gasteiger partial charge in [-0.15, -0.1) is 0 Å². The lowest BCUT2D eigenvalue weighted by atomic mass is 9.84. The summed E-state index contributed by atoms with van der Waals surface area (Å²) in [6.45, 7) is 4.01. The SMILES string of the molecule is CC(CC(C)(O)c1ccccc1)c1ccncc1. The second kappa shape index (κ2) is 5.32. The van der Waals surface area contributed by atoms with Gasteiger partial charge in [0, 0.05) is 12.4 Å². The molecule has 2 unspecified atom stereocenters. The van der Waals surface area contributed by atoms with E-state index in [1.165, 1.54) is 5.56 Å². The minimum absolute atomic E-state index is 0.295. The first-order valence-corrected chi connectivity index (χ1v) is 6.27. The largest absolute Gasteiger partial charge is 0.385 e.